The summed E-state index contributed by atoms with van der Waals surface area (Å²) in [5, 5.41) is 9.64. The topological polar surface area (TPSA) is 85.3 Å². The fraction of sp³-hybridized carbons (Fsp3) is 0.0435. The van der Waals surface area contributed by atoms with Crippen molar-refractivity contribution in [1.29, 1.82) is 5.26 Å². The van der Waals surface area contributed by atoms with Crippen molar-refractivity contribution in [3.63, 3.8) is 0 Å². The molecule has 0 unspecified atom stereocenters. The fourth-order valence-corrected chi connectivity index (χ4v) is 3.69. The van der Waals surface area contributed by atoms with Gasteiger partial charge in [-0.05, 0) is 35.9 Å². The van der Waals surface area contributed by atoms with Gasteiger partial charge in [-0.2, -0.15) is 5.26 Å². The van der Waals surface area contributed by atoms with Crippen molar-refractivity contribution in [2.75, 3.05) is 0 Å². The molecule has 1 heterocycles. The molecule has 5 nitrogen and oxygen atoms in total. The first-order valence-corrected chi connectivity index (χ1v) is 9.60. The maximum Gasteiger partial charge on any atom is 0.343 e. The maximum absolute atomic E-state index is 12.3. The van der Waals surface area contributed by atoms with Gasteiger partial charge in [0.15, 0.2) is 0 Å². The van der Waals surface area contributed by atoms with Gasteiger partial charge in [-0.15, -0.1) is 0 Å². The van der Waals surface area contributed by atoms with Gasteiger partial charge in [0.25, 0.3) is 0 Å². The number of nitrogens with two attached hydrogens (primary N) is 1. The van der Waals surface area contributed by atoms with E-state index < -0.39 is 5.97 Å². The molecule has 1 aliphatic heterocycles. The lowest BCUT2D eigenvalue weighted by Gasteiger charge is -2.26. The summed E-state index contributed by atoms with van der Waals surface area (Å²) in [6.45, 7) is 0. The number of halogens is 1. The maximum atomic E-state index is 12.3. The summed E-state index contributed by atoms with van der Waals surface area (Å²) in [4.78, 5) is 12.3. The molecule has 4 rings (SSSR count). The molecule has 142 valence electrons. The highest BCUT2D eigenvalue weighted by molar-refractivity contribution is 9.10. The lowest BCUT2D eigenvalue weighted by Crippen LogP contribution is -2.21. The van der Waals surface area contributed by atoms with E-state index >= 15 is 0 Å². The Morgan fingerprint density at radius 3 is 2.59 bits per heavy atom. The standard InChI is InChI=1S/C23H15BrN2O3/c24-16-8-4-7-15(11-16)21-18-10-9-17(12-20(18)29-22(26)19(21)13-25)28-23(27)14-5-2-1-3-6-14/h1-12,21H,26H2/t21-/m1/s1. The van der Waals surface area contributed by atoms with E-state index in [1.165, 1.54) is 0 Å². The molecular formula is C23H15BrN2O3. The predicted octanol–water partition coefficient (Wildman–Crippen LogP) is 4.89. The van der Waals surface area contributed by atoms with E-state index in [2.05, 4.69) is 22.0 Å². The van der Waals surface area contributed by atoms with Crippen LogP contribution in [-0.2, 0) is 0 Å². The second-order valence-corrected chi connectivity index (χ2v) is 7.35. The Morgan fingerprint density at radius 1 is 1.07 bits per heavy atom. The zero-order valence-corrected chi connectivity index (χ0v) is 16.7. The molecule has 3 aromatic rings. The number of carbonyl (C=O) groups is 1. The number of benzene rings is 3. The zero-order chi connectivity index (χ0) is 20.4. The monoisotopic (exact) mass is 446 g/mol. The van der Waals surface area contributed by atoms with E-state index in [0.717, 1.165) is 15.6 Å². The van der Waals surface area contributed by atoms with Crippen LogP contribution in [0.1, 0.15) is 27.4 Å². The average molecular weight is 447 g/mol. The molecule has 0 aliphatic carbocycles. The molecule has 0 spiro atoms. The Morgan fingerprint density at radius 2 is 1.86 bits per heavy atom. The third kappa shape index (κ3) is 3.73. The Bertz CT molecular complexity index is 1170. The largest absolute Gasteiger partial charge is 0.440 e. The molecule has 0 fully saturated rings. The normalized spacial score (nSPS) is 15.1. The van der Waals surface area contributed by atoms with E-state index in [-0.39, 0.29) is 11.8 Å². The molecule has 6 heteroatoms. The summed E-state index contributed by atoms with van der Waals surface area (Å²) in [6.07, 6.45) is 0. The van der Waals surface area contributed by atoms with Crippen molar-refractivity contribution >= 4 is 21.9 Å². The molecule has 0 radical (unpaired) electrons. The molecular weight excluding hydrogens is 432 g/mol. The molecule has 0 aromatic heterocycles. The van der Waals surface area contributed by atoms with Gasteiger partial charge in [-0.1, -0.05) is 52.3 Å². The van der Waals surface area contributed by atoms with Crippen LogP contribution in [0.5, 0.6) is 11.5 Å². The van der Waals surface area contributed by atoms with Crippen LogP contribution in [0, 0.1) is 11.3 Å². The Kier molecular flexibility index (Phi) is 5.07. The van der Waals surface area contributed by atoms with Crippen LogP contribution in [0.4, 0.5) is 0 Å². The van der Waals surface area contributed by atoms with Crippen LogP contribution >= 0.6 is 15.9 Å². The zero-order valence-electron chi connectivity index (χ0n) is 15.1. The van der Waals surface area contributed by atoms with Crippen LogP contribution in [-0.4, -0.2) is 5.97 Å². The molecule has 3 aromatic carbocycles. The van der Waals surface area contributed by atoms with Crippen molar-refractivity contribution in [3.8, 4) is 17.6 Å². The molecule has 0 saturated carbocycles. The minimum atomic E-state index is -0.467. The van der Waals surface area contributed by atoms with Gasteiger partial charge in [-0.25, -0.2) is 4.79 Å². The molecule has 0 bridgehead atoms. The number of hydrogen-bond donors (Lipinski definition) is 1. The highest BCUT2D eigenvalue weighted by Gasteiger charge is 2.31. The lowest BCUT2D eigenvalue weighted by molar-refractivity contribution is 0.0734. The number of hydrogen-bond acceptors (Lipinski definition) is 5. The van der Waals surface area contributed by atoms with Crippen LogP contribution in [0.15, 0.2) is 88.7 Å². The first-order chi connectivity index (χ1) is 14.1. The van der Waals surface area contributed by atoms with Gasteiger partial charge in [0, 0.05) is 16.1 Å². The van der Waals surface area contributed by atoms with Crippen molar-refractivity contribution in [1.82, 2.24) is 0 Å². The van der Waals surface area contributed by atoms with Crippen LogP contribution in [0.3, 0.4) is 0 Å². The number of esters is 1. The summed E-state index contributed by atoms with van der Waals surface area (Å²) in [5.41, 5.74) is 8.49. The Balaban J connectivity index is 1.71. The predicted molar refractivity (Wildman–Crippen MR) is 111 cm³/mol. The number of rotatable bonds is 3. The van der Waals surface area contributed by atoms with Gasteiger partial charge in [-0.3, -0.25) is 0 Å². The van der Waals surface area contributed by atoms with Gasteiger partial charge in [0.1, 0.15) is 23.1 Å². The van der Waals surface area contributed by atoms with Crippen LogP contribution < -0.4 is 15.2 Å². The summed E-state index contributed by atoms with van der Waals surface area (Å²) in [7, 11) is 0. The first-order valence-electron chi connectivity index (χ1n) is 8.81. The van der Waals surface area contributed by atoms with E-state index in [4.69, 9.17) is 15.2 Å². The SMILES string of the molecule is N#CC1=C(N)Oc2cc(OC(=O)c3ccccc3)ccc2[C@H]1c1cccc(Br)c1. The summed E-state index contributed by atoms with van der Waals surface area (Å²) in [5.74, 6) is -0.0218. The van der Waals surface area contributed by atoms with Crippen molar-refractivity contribution in [2.24, 2.45) is 5.73 Å². The van der Waals surface area contributed by atoms with Crippen molar-refractivity contribution < 1.29 is 14.3 Å². The highest BCUT2D eigenvalue weighted by atomic mass is 79.9. The summed E-state index contributed by atoms with van der Waals surface area (Å²) < 4.78 is 12.0. The van der Waals surface area contributed by atoms with E-state index in [1.54, 1.807) is 42.5 Å². The van der Waals surface area contributed by atoms with E-state index in [0.29, 0.717) is 22.6 Å². The van der Waals surface area contributed by atoms with Crippen molar-refractivity contribution in [3.05, 3.63) is 105 Å². The Hall–Kier alpha value is -3.56. The summed E-state index contributed by atoms with van der Waals surface area (Å²) in [6, 6.07) is 23.7. The number of allylic oxidation sites excluding steroid dienone is 1. The Labute approximate surface area is 176 Å². The number of nitrogens with zero attached hydrogens (tertiary/aromatic N) is 1. The fourth-order valence-electron chi connectivity index (χ4n) is 3.27. The van der Waals surface area contributed by atoms with Crippen LogP contribution in [0.25, 0.3) is 0 Å². The molecule has 0 amide bonds. The van der Waals surface area contributed by atoms with Gasteiger partial charge >= 0.3 is 5.97 Å². The van der Waals surface area contributed by atoms with Gasteiger partial charge in [0.2, 0.25) is 5.88 Å². The number of ether oxygens (including phenoxy) is 2. The highest BCUT2D eigenvalue weighted by Crippen LogP contribution is 2.43. The minimum Gasteiger partial charge on any atom is -0.440 e. The third-order valence-electron chi connectivity index (χ3n) is 4.59. The molecule has 1 aliphatic rings. The van der Waals surface area contributed by atoms with Gasteiger partial charge < -0.3 is 15.2 Å². The molecule has 1 atom stereocenters. The average Bonchev–Trinajstić information content (AvgIpc) is 2.73. The lowest BCUT2D eigenvalue weighted by atomic mass is 9.83. The third-order valence-corrected chi connectivity index (χ3v) is 5.09. The van der Waals surface area contributed by atoms with Crippen LogP contribution in [0.2, 0.25) is 0 Å². The number of fused-ring (bicyclic) bond motifs is 1. The number of nitriles is 1. The smallest absolute Gasteiger partial charge is 0.343 e. The minimum absolute atomic E-state index is 0.0384. The summed E-state index contributed by atoms with van der Waals surface area (Å²) >= 11 is 3.47. The van der Waals surface area contributed by atoms with E-state index in [1.807, 2.05) is 30.3 Å². The number of carbonyl (C=O) groups excluding carboxylic acids is 1. The second-order valence-electron chi connectivity index (χ2n) is 6.43. The molecule has 2 N–H and O–H groups in total. The molecule has 29 heavy (non-hydrogen) atoms. The van der Waals surface area contributed by atoms with Gasteiger partial charge in [0.05, 0.1) is 11.5 Å². The quantitative estimate of drug-likeness (QED) is 0.457. The molecule has 0 saturated heterocycles. The first kappa shape index (κ1) is 18.8. The second kappa shape index (κ2) is 7.82. The van der Waals surface area contributed by atoms with E-state index in [9.17, 15) is 10.1 Å². The van der Waals surface area contributed by atoms with Crippen molar-refractivity contribution in [2.45, 2.75) is 5.92 Å².